The molecule has 0 N–H and O–H groups in total. The molecule has 0 saturated carbocycles. The minimum Gasteiger partial charge on any atom is -0.396 e. The Morgan fingerprint density at radius 1 is 0.929 bits per heavy atom. The van der Waals surface area contributed by atoms with Gasteiger partial charge in [0, 0.05) is 6.54 Å². The molecule has 0 unspecified atom stereocenters. The van der Waals surface area contributed by atoms with E-state index in [0.717, 1.165) is 37.9 Å². The summed E-state index contributed by atoms with van der Waals surface area (Å²) in [5.74, 6) is 0. The van der Waals surface area contributed by atoms with Crippen molar-refractivity contribution < 1.29 is 4.84 Å². The molecule has 3 heteroatoms. The topological polar surface area (TPSA) is 24.8 Å². The van der Waals surface area contributed by atoms with Gasteiger partial charge in [-0.1, -0.05) is 71.7 Å². The van der Waals surface area contributed by atoms with Crippen LogP contribution in [0.25, 0.3) is 0 Å². The van der Waals surface area contributed by atoms with E-state index in [1.165, 1.54) is 49.0 Å². The first-order valence-corrected chi connectivity index (χ1v) is 10.8. The van der Waals surface area contributed by atoms with Gasteiger partial charge in [0.2, 0.25) is 0 Å². The lowest BCUT2D eigenvalue weighted by atomic mass is 10.0. The molecule has 0 aromatic heterocycles. The van der Waals surface area contributed by atoms with Gasteiger partial charge in [0.25, 0.3) is 0 Å². The second kappa shape index (κ2) is 11.7. The molecular weight excluding hydrogens is 344 g/mol. The first kappa shape index (κ1) is 20.6. The molecule has 1 aliphatic heterocycles. The van der Waals surface area contributed by atoms with Gasteiger partial charge >= 0.3 is 0 Å². The van der Waals surface area contributed by atoms with E-state index >= 15 is 0 Å². The molecule has 0 atom stereocenters. The fourth-order valence-electron chi connectivity index (χ4n) is 3.75. The number of oxime groups is 1. The highest BCUT2D eigenvalue weighted by Crippen LogP contribution is 2.13. The van der Waals surface area contributed by atoms with E-state index in [-0.39, 0.29) is 0 Å². The van der Waals surface area contributed by atoms with Gasteiger partial charge in [-0.25, -0.2) is 0 Å². The molecule has 1 aliphatic rings. The zero-order valence-electron chi connectivity index (χ0n) is 17.3. The van der Waals surface area contributed by atoms with Crippen molar-refractivity contribution in [2.24, 2.45) is 5.16 Å². The Bertz CT molecular complexity index is 703. The minimum atomic E-state index is 0.699. The second-order valence-corrected chi connectivity index (χ2v) is 7.83. The van der Waals surface area contributed by atoms with Crippen LogP contribution in [0.2, 0.25) is 0 Å². The van der Waals surface area contributed by atoms with Crippen LogP contribution in [0.3, 0.4) is 0 Å². The largest absolute Gasteiger partial charge is 0.396 e. The molecule has 3 rings (SSSR count). The van der Waals surface area contributed by atoms with Crippen molar-refractivity contribution in [1.29, 1.82) is 0 Å². The normalized spacial score (nSPS) is 15.5. The lowest BCUT2D eigenvalue weighted by molar-refractivity contribution is 0.124. The number of rotatable bonds is 10. The molecule has 1 saturated heterocycles. The van der Waals surface area contributed by atoms with Crippen LogP contribution in [0.15, 0.2) is 59.8 Å². The summed E-state index contributed by atoms with van der Waals surface area (Å²) in [6, 6.07) is 19.3. The Hall–Kier alpha value is -2.13. The van der Waals surface area contributed by atoms with Crippen molar-refractivity contribution in [3.05, 3.63) is 71.3 Å². The SMILES string of the molecule is Cc1ccc(/C(CCCc2ccccc2)=N/OCCCN2CCCCC2)cc1. The van der Waals surface area contributed by atoms with Crippen LogP contribution in [0.5, 0.6) is 0 Å². The van der Waals surface area contributed by atoms with E-state index in [1.54, 1.807) is 0 Å². The Morgan fingerprint density at radius 2 is 1.68 bits per heavy atom. The van der Waals surface area contributed by atoms with Gasteiger partial charge in [-0.15, -0.1) is 0 Å². The summed E-state index contributed by atoms with van der Waals surface area (Å²) in [6.07, 6.45) is 8.21. The van der Waals surface area contributed by atoms with Gasteiger partial charge in [0.05, 0.1) is 5.71 Å². The van der Waals surface area contributed by atoms with Crippen molar-refractivity contribution in [3.8, 4) is 0 Å². The van der Waals surface area contributed by atoms with Crippen molar-refractivity contribution >= 4 is 5.71 Å². The van der Waals surface area contributed by atoms with Gasteiger partial charge < -0.3 is 9.74 Å². The van der Waals surface area contributed by atoms with E-state index in [2.05, 4.69) is 71.6 Å². The quantitative estimate of drug-likeness (QED) is 0.305. The molecule has 2 aromatic carbocycles. The molecule has 0 spiro atoms. The lowest BCUT2D eigenvalue weighted by Crippen LogP contribution is -2.31. The number of likely N-dealkylation sites (tertiary alicyclic amines) is 1. The summed E-state index contributed by atoms with van der Waals surface area (Å²) in [6.45, 7) is 6.44. The third-order valence-corrected chi connectivity index (χ3v) is 5.44. The molecule has 1 fully saturated rings. The number of hydrogen-bond donors (Lipinski definition) is 0. The fourth-order valence-corrected chi connectivity index (χ4v) is 3.75. The molecule has 2 aromatic rings. The Morgan fingerprint density at radius 3 is 2.43 bits per heavy atom. The van der Waals surface area contributed by atoms with Gasteiger partial charge in [0.1, 0.15) is 6.61 Å². The van der Waals surface area contributed by atoms with Crippen LogP contribution in [0.1, 0.15) is 55.2 Å². The summed E-state index contributed by atoms with van der Waals surface area (Å²) in [7, 11) is 0. The number of aryl methyl sites for hydroxylation is 2. The predicted molar refractivity (Wildman–Crippen MR) is 118 cm³/mol. The maximum atomic E-state index is 5.74. The van der Waals surface area contributed by atoms with Gasteiger partial charge in [-0.05, 0) is 69.7 Å². The lowest BCUT2D eigenvalue weighted by Gasteiger charge is -2.25. The van der Waals surface area contributed by atoms with Gasteiger partial charge in [-0.3, -0.25) is 0 Å². The Labute approximate surface area is 170 Å². The van der Waals surface area contributed by atoms with E-state index in [1.807, 2.05) is 0 Å². The van der Waals surface area contributed by atoms with Crippen LogP contribution in [0, 0.1) is 6.92 Å². The van der Waals surface area contributed by atoms with Crippen LogP contribution < -0.4 is 0 Å². The van der Waals surface area contributed by atoms with Gasteiger partial charge in [-0.2, -0.15) is 0 Å². The summed E-state index contributed by atoms with van der Waals surface area (Å²) in [5, 5.41) is 4.54. The van der Waals surface area contributed by atoms with Crippen LogP contribution in [0.4, 0.5) is 0 Å². The third kappa shape index (κ3) is 7.12. The van der Waals surface area contributed by atoms with E-state index < -0.39 is 0 Å². The molecule has 0 aliphatic carbocycles. The molecule has 0 amide bonds. The summed E-state index contributed by atoms with van der Waals surface area (Å²) < 4.78 is 0. The average molecular weight is 379 g/mol. The second-order valence-electron chi connectivity index (χ2n) is 7.83. The van der Waals surface area contributed by atoms with Crippen molar-refractivity contribution in [1.82, 2.24) is 4.90 Å². The molecule has 0 radical (unpaired) electrons. The fraction of sp³-hybridized carbons (Fsp3) is 0.480. The predicted octanol–water partition coefficient (Wildman–Crippen LogP) is 5.61. The molecule has 3 nitrogen and oxygen atoms in total. The standard InChI is InChI=1S/C25H34N2O/c1-22-14-16-24(17-15-22)25(13-8-12-23-10-4-2-5-11-23)26-28-21-9-20-27-18-6-3-7-19-27/h2,4-5,10-11,14-17H,3,6-9,12-13,18-21H2,1H3/b26-25+. The van der Waals surface area contributed by atoms with Crippen molar-refractivity contribution in [2.45, 2.75) is 51.9 Å². The van der Waals surface area contributed by atoms with E-state index in [0.29, 0.717) is 6.61 Å². The van der Waals surface area contributed by atoms with Crippen LogP contribution >= 0.6 is 0 Å². The van der Waals surface area contributed by atoms with Gasteiger partial charge in [0.15, 0.2) is 0 Å². The van der Waals surface area contributed by atoms with Crippen molar-refractivity contribution in [3.63, 3.8) is 0 Å². The highest BCUT2D eigenvalue weighted by molar-refractivity contribution is 6.00. The number of benzene rings is 2. The molecule has 1 heterocycles. The summed E-state index contributed by atoms with van der Waals surface area (Å²) >= 11 is 0. The average Bonchev–Trinajstić information content (AvgIpc) is 2.74. The first-order chi connectivity index (χ1) is 13.8. The third-order valence-electron chi connectivity index (χ3n) is 5.44. The zero-order valence-corrected chi connectivity index (χ0v) is 17.3. The molecular formula is C25H34N2O. The number of hydrogen-bond acceptors (Lipinski definition) is 3. The van der Waals surface area contributed by atoms with E-state index in [4.69, 9.17) is 4.84 Å². The van der Waals surface area contributed by atoms with Crippen molar-refractivity contribution in [2.75, 3.05) is 26.2 Å². The molecule has 0 bridgehead atoms. The highest BCUT2D eigenvalue weighted by Gasteiger charge is 2.09. The maximum Gasteiger partial charge on any atom is 0.118 e. The van der Waals surface area contributed by atoms with Crippen LogP contribution in [-0.4, -0.2) is 36.9 Å². The Kier molecular flexibility index (Phi) is 8.57. The highest BCUT2D eigenvalue weighted by atomic mass is 16.6. The van der Waals surface area contributed by atoms with E-state index in [9.17, 15) is 0 Å². The minimum absolute atomic E-state index is 0.699. The first-order valence-electron chi connectivity index (χ1n) is 10.8. The maximum absolute atomic E-state index is 5.74. The Balaban J connectivity index is 1.49. The van der Waals surface area contributed by atoms with Crippen LogP contribution in [-0.2, 0) is 11.3 Å². The number of piperidine rings is 1. The monoisotopic (exact) mass is 378 g/mol. The number of nitrogens with zero attached hydrogens (tertiary/aromatic N) is 2. The molecule has 28 heavy (non-hydrogen) atoms. The zero-order chi connectivity index (χ0) is 19.4. The summed E-state index contributed by atoms with van der Waals surface area (Å²) in [4.78, 5) is 8.29. The summed E-state index contributed by atoms with van der Waals surface area (Å²) in [5.41, 5.74) is 4.90. The smallest absolute Gasteiger partial charge is 0.118 e. The molecule has 150 valence electrons.